The molecule has 1 unspecified atom stereocenters. The Balaban J connectivity index is 1.24. The Morgan fingerprint density at radius 1 is 0.744 bits per heavy atom. The third-order valence-electron chi connectivity index (χ3n) is 6.73. The van der Waals surface area contributed by atoms with E-state index in [0.29, 0.717) is 5.56 Å². The third kappa shape index (κ3) is 6.20. The first-order valence-electron chi connectivity index (χ1n) is 13.0. The van der Waals surface area contributed by atoms with Crippen molar-refractivity contribution in [3.8, 4) is 5.75 Å². The van der Waals surface area contributed by atoms with Gasteiger partial charge < -0.3 is 9.47 Å². The first kappa shape index (κ1) is 28.6. The zero-order valence-corrected chi connectivity index (χ0v) is 22.4. The number of ketones is 1. The number of hydrogen-bond acceptors (Lipinski definition) is 9. The molecule has 4 aromatic rings. The van der Waals surface area contributed by atoms with E-state index in [1.165, 1.54) is 60.7 Å². The second-order valence-corrected chi connectivity index (χ2v) is 9.48. The van der Waals surface area contributed by atoms with Crippen molar-refractivity contribution in [1.29, 1.82) is 0 Å². The van der Waals surface area contributed by atoms with Crippen molar-refractivity contribution in [2.75, 3.05) is 6.61 Å². The van der Waals surface area contributed by atoms with Gasteiger partial charge >= 0.3 is 11.9 Å². The van der Waals surface area contributed by atoms with Gasteiger partial charge in [-0.15, -0.1) is 0 Å². The molecule has 0 radical (unpaired) electrons. The number of non-ortho nitro benzene ring substituents is 1. The Labute approximate surface area is 244 Å². The molecule has 0 aliphatic carbocycles. The van der Waals surface area contributed by atoms with Gasteiger partial charge in [0.15, 0.2) is 12.4 Å². The van der Waals surface area contributed by atoms with Crippen LogP contribution in [0.3, 0.4) is 0 Å². The number of benzene rings is 4. The van der Waals surface area contributed by atoms with Crippen molar-refractivity contribution < 1.29 is 38.4 Å². The number of nitrogens with zero attached hydrogens (tertiary/aromatic N) is 2. The molecule has 2 amide bonds. The summed E-state index contributed by atoms with van der Waals surface area (Å²) in [7, 11) is 0. The summed E-state index contributed by atoms with van der Waals surface area (Å²) >= 11 is 0. The van der Waals surface area contributed by atoms with Gasteiger partial charge in [-0.2, -0.15) is 0 Å². The molecule has 1 aliphatic heterocycles. The van der Waals surface area contributed by atoms with Crippen LogP contribution >= 0.6 is 0 Å². The largest absolute Gasteiger partial charge is 0.456 e. The predicted molar refractivity (Wildman–Crippen MR) is 151 cm³/mol. The van der Waals surface area contributed by atoms with Crippen LogP contribution < -0.4 is 4.74 Å². The summed E-state index contributed by atoms with van der Waals surface area (Å²) in [5, 5.41) is 10.8. The molecule has 0 aromatic heterocycles. The molecule has 4 aromatic carbocycles. The minimum absolute atomic E-state index is 0.00580. The number of amides is 2. The number of ether oxygens (including phenoxy) is 2. The predicted octanol–water partition coefficient (Wildman–Crippen LogP) is 4.45. The third-order valence-corrected chi connectivity index (χ3v) is 6.73. The van der Waals surface area contributed by atoms with E-state index in [1.807, 2.05) is 0 Å². The Kier molecular flexibility index (Phi) is 8.15. The van der Waals surface area contributed by atoms with Crippen LogP contribution in [0.5, 0.6) is 5.75 Å². The topological polar surface area (TPSA) is 150 Å². The van der Waals surface area contributed by atoms with Gasteiger partial charge in [0.05, 0.1) is 21.6 Å². The normalized spacial score (nSPS) is 12.8. The maximum absolute atomic E-state index is 13.3. The summed E-state index contributed by atoms with van der Waals surface area (Å²) in [5.41, 5.74) is 1.14. The van der Waals surface area contributed by atoms with Crippen LogP contribution in [0, 0.1) is 10.1 Å². The first-order valence-corrected chi connectivity index (χ1v) is 13.0. The average molecular weight is 579 g/mol. The zero-order chi connectivity index (χ0) is 30.5. The van der Waals surface area contributed by atoms with E-state index in [-0.39, 0.29) is 40.1 Å². The molecule has 11 nitrogen and oxygen atoms in total. The van der Waals surface area contributed by atoms with Crippen molar-refractivity contribution in [2.24, 2.45) is 0 Å². The van der Waals surface area contributed by atoms with Gasteiger partial charge in [-0.25, -0.2) is 9.59 Å². The Hall–Kier alpha value is -5.97. The number of carbonyl (C=O) groups excluding carboxylic acids is 5. The molecule has 1 heterocycles. The average Bonchev–Trinajstić information content (AvgIpc) is 3.28. The number of esters is 2. The lowest BCUT2D eigenvalue weighted by atomic mass is 10.0. The van der Waals surface area contributed by atoms with Crippen molar-refractivity contribution in [3.05, 3.63) is 141 Å². The number of carbonyl (C=O) groups is 5. The fourth-order valence-corrected chi connectivity index (χ4v) is 4.52. The molecule has 214 valence electrons. The van der Waals surface area contributed by atoms with Crippen molar-refractivity contribution in [2.45, 2.75) is 12.5 Å². The standard InChI is InChI=1S/C32H22N2O9/c35-28(21-12-16-24(17-13-21)43-31(38)22-10-14-23(15-11-22)34(40)41)19-42-32(39)27(18-20-6-2-1-3-7-20)33-29(36)25-8-4-5-9-26(25)30(33)37/h1-17,27H,18-19H2. The highest BCUT2D eigenvalue weighted by Gasteiger charge is 2.43. The summed E-state index contributed by atoms with van der Waals surface area (Å²) in [6.45, 7) is -0.658. The van der Waals surface area contributed by atoms with E-state index in [4.69, 9.17) is 9.47 Å². The molecule has 0 saturated carbocycles. The molecule has 0 spiro atoms. The Morgan fingerprint density at radius 2 is 1.30 bits per heavy atom. The summed E-state index contributed by atoms with van der Waals surface area (Å²) in [6.07, 6.45) is -0.00580. The van der Waals surface area contributed by atoms with Crippen molar-refractivity contribution in [1.82, 2.24) is 4.90 Å². The number of nitro benzene ring substituents is 1. The van der Waals surface area contributed by atoms with Crippen LogP contribution in [0.15, 0.2) is 103 Å². The zero-order valence-electron chi connectivity index (χ0n) is 22.4. The number of hydrogen-bond donors (Lipinski definition) is 0. The number of Topliss-reactive ketones (excluding diaryl/α,β-unsaturated/α-hetero) is 1. The minimum atomic E-state index is -1.30. The second-order valence-electron chi connectivity index (χ2n) is 9.48. The SMILES string of the molecule is O=C(COC(=O)C(Cc1ccccc1)N1C(=O)c2ccccc2C1=O)c1ccc(OC(=O)c2ccc([N+](=O)[O-])cc2)cc1. The molecule has 1 atom stereocenters. The lowest BCUT2D eigenvalue weighted by molar-refractivity contribution is -0.384. The number of imide groups is 1. The first-order chi connectivity index (χ1) is 20.7. The number of fused-ring (bicyclic) bond motifs is 1. The van der Waals surface area contributed by atoms with E-state index in [9.17, 15) is 34.1 Å². The van der Waals surface area contributed by atoms with E-state index < -0.39 is 47.1 Å². The van der Waals surface area contributed by atoms with Crippen LogP contribution in [0.1, 0.15) is 47.0 Å². The van der Waals surface area contributed by atoms with Gasteiger partial charge in [0.2, 0.25) is 0 Å². The van der Waals surface area contributed by atoms with E-state index >= 15 is 0 Å². The lowest BCUT2D eigenvalue weighted by Gasteiger charge is -2.24. The monoisotopic (exact) mass is 578 g/mol. The summed E-state index contributed by atoms with van der Waals surface area (Å²) in [5.74, 6) is -3.36. The maximum atomic E-state index is 13.3. The highest BCUT2D eigenvalue weighted by Crippen LogP contribution is 2.27. The van der Waals surface area contributed by atoms with Gasteiger partial charge in [-0.05, 0) is 54.1 Å². The van der Waals surface area contributed by atoms with Gasteiger partial charge in [0.25, 0.3) is 17.5 Å². The summed E-state index contributed by atoms with van der Waals surface area (Å²) in [4.78, 5) is 75.7. The molecular formula is C32H22N2O9. The fourth-order valence-electron chi connectivity index (χ4n) is 4.52. The fraction of sp³-hybridized carbons (Fsp3) is 0.0938. The van der Waals surface area contributed by atoms with Crippen LogP contribution in [0.4, 0.5) is 5.69 Å². The van der Waals surface area contributed by atoms with Gasteiger partial charge in [0.1, 0.15) is 11.8 Å². The van der Waals surface area contributed by atoms with E-state index in [1.54, 1.807) is 42.5 Å². The molecule has 0 saturated heterocycles. The van der Waals surface area contributed by atoms with Crippen LogP contribution in [0.25, 0.3) is 0 Å². The molecule has 0 N–H and O–H groups in total. The molecule has 11 heteroatoms. The van der Waals surface area contributed by atoms with Crippen LogP contribution in [-0.2, 0) is 16.0 Å². The quantitative estimate of drug-likeness (QED) is 0.0664. The summed E-state index contributed by atoms with van der Waals surface area (Å²) in [6, 6.07) is 24.2. The van der Waals surface area contributed by atoms with Gasteiger partial charge in [-0.1, -0.05) is 42.5 Å². The maximum Gasteiger partial charge on any atom is 0.343 e. The smallest absolute Gasteiger partial charge is 0.343 e. The van der Waals surface area contributed by atoms with Crippen molar-refractivity contribution in [3.63, 3.8) is 0 Å². The summed E-state index contributed by atoms with van der Waals surface area (Å²) < 4.78 is 10.6. The second kappa shape index (κ2) is 12.3. The van der Waals surface area contributed by atoms with E-state index in [2.05, 4.69) is 0 Å². The molecule has 1 aliphatic rings. The Bertz CT molecular complexity index is 1700. The van der Waals surface area contributed by atoms with Crippen LogP contribution in [-0.4, -0.2) is 52.0 Å². The van der Waals surface area contributed by atoms with Crippen LogP contribution in [0.2, 0.25) is 0 Å². The Morgan fingerprint density at radius 3 is 1.88 bits per heavy atom. The molecule has 5 rings (SSSR count). The molecule has 0 bridgehead atoms. The molecule has 0 fully saturated rings. The number of nitro groups is 1. The number of rotatable bonds is 10. The highest BCUT2D eigenvalue weighted by atomic mass is 16.6. The van der Waals surface area contributed by atoms with Gasteiger partial charge in [-0.3, -0.25) is 29.4 Å². The van der Waals surface area contributed by atoms with Crippen molar-refractivity contribution >= 4 is 35.2 Å². The lowest BCUT2D eigenvalue weighted by Crippen LogP contribution is -2.47. The molecular weight excluding hydrogens is 556 g/mol. The van der Waals surface area contributed by atoms with E-state index in [0.717, 1.165) is 4.90 Å². The highest BCUT2D eigenvalue weighted by molar-refractivity contribution is 6.22. The minimum Gasteiger partial charge on any atom is -0.456 e. The molecule has 43 heavy (non-hydrogen) atoms. The van der Waals surface area contributed by atoms with Gasteiger partial charge in [0, 0.05) is 24.1 Å².